The monoisotopic (exact) mass is 540 g/mol. The third-order valence-electron chi connectivity index (χ3n) is 8.37. The van der Waals surface area contributed by atoms with Gasteiger partial charge in [0.05, 0.1) is 35.8 Å². The number of likely N-dealkylation sites (tertiary alicyclic amines) is 1. The van der Waals surface area contributed by atoms with E-state index in [0.717, 1.165) is 31.2 Å². The van der Waals surface area contributed by atoms with Crippen LogP contribution in [0.15, 0.2) is 55.6 Å². The van der Waals surface area contributed by atoms with Crippen LogP contribution in [-0.2, 0) is 25.7 Å². The summed E-state index contributed by atoms with van der Waals surface area (Å²) in [6, 6.07) is 8.41. The number of carbonyl (C=O) groups excluding carboxylic acids is 3. The van der Waals surface area contributed by atoms with Crippen LogP contribution in [0.5, 0.6) is 0 Å². The highest BCUT2D eigenvalue weighted by atomic mass is 32.2. The third kappa shape index (κ3) is 4.93. The zero-order valence-corrected chi connectivity index (χ0v) is 23.3. The largest absolute Gasteiger partial charge is 0.465 e. The molecule has 1 N–H and O–H groups in total. The van der Waals surface area contributed by atoms with Crippen molar-refractivity contribution >= 4 is 29.5 Å². The maximum atomic E-state index is 14.4. The molecular weight excluding hydrogens is 500 g/mol. The lowest BCUT2D eigenvalue weighted by Gasteiger charge is -2.38. The number of hydrogen-bond acceptors (Lipinski definition) is 6. The lowest BCUT2D eigenvalue weighted by molar-refractivity contribution is -0.156. The van der Waals surface area contributed by atoms with Crippen LogP contribution in [0.1, 0.15) is 51.5 Å². The van der Waals surface area contributed by atoms with E-state index in [1.165, 1.54) is 0 Å². The van der Waals surface area contributed by atoms with Crippen LogP contribution in [0.3, 0.4) is 0 Å². The number of allylic oxidation sites excluding steroid dienone is 1. The van der Waals surface area contributed by atoms with Crippen LogP contribution in [0, 0.1) is 11.8 Å². The van der Waals surface area contributed by atoms with Crippen molar-refractivity contribution in [1.82, 2.24) is 9.80 Å². The van der Waals surface area contributed by atoms with Crippen molar-refractivity contribution in [2.24, 2.45) is 11.8 Å². The van der Waals surface area contributed by atoms with Gasteiger partial charge in [0, 0.05) is 17.8 Å². The van der Waals surface area contributed by atoms with E-state index in [4.69, 9.17) is 4.74 Å². The predicted octanol–water partition coefficient (Wildman–Crippen LogP) is 3.96. The molecule has 6 atom stereocenters. The molecule has 2 bridgehead atoms. The van der Waals surface area contributed by atoms with Crippen LogP contribution in [0.2, 0.25) is 0 Å². The highest BCUT2D eigenvalue weighted by molar-refractivity contribution is 8.02. The second kappa shape index (κ2) is 11.7. The molecule has 1 aromatic carbocycles. The maximum Gasteiger partial charge on any atom is 0.311 e. The Morgan fingerprint density at radius 2 is 1.97 bits per heavy atom. The van der Waals surface area contributed by atoms with Gasteiger partial charge in [0.15, 0.2) is 0 Å². The van der Waals surface area contributed by atoms with Gasteiger partial charge in [0.2, 0.25) is 11.8 Å². The van der Waals surface area contributed by atoms with Crippen molar-refractivity contribution in [3.8, 4) is 0 Å². The zero-order valence-electron chi connectivity index (χ0n) is 22.5. The normalized spacial score (nSPS) is 30.1. The summed E-state index contributed by atoms with van der Waals surface area (Å²) in [4.78, 5) is 45.2. The predicted molar refractivity (Wildman–Crippen MR) is 149 cm³/mol. The smallest absolute Gasteiger partial charge is 0.311 e. The molecule has 2 unspecified atom stereocenters. The zero-order chi connectivity index (χ0) is 27.5. The van der Waals surface area contributed by atoms with Gasteiger partial charge in [-0.2, -0.15) is 0 Å². The Hall–Kier alpha value is -2.58. The molecule has 3 fully saturated rings. The molecule has 3 aliphatic heterocycles. The van der Waals surface area contributed by atoms with Crippen molar-refractivity contribution in [2.45, 2.75) is 74.1 Å². The second-order valence-electron chi connectivity index (χ2n) is 10.9. The molecule has 0 saturated carbocycles. The van der Waals surface area contributed by atoms with Crippen LogP contribution >= 0.6 is 11.8 Å². The molecule has 3 saturated heterocycles. The first kappa shape index (κ1) is 28.4. The summed E-state index contributed by atoms with van der Waals surface area (Å²) in [7, 11) is 0. The minimum atomic E-state index is -0.775. The average Bonchev–Trinajstić information content (AvgIpc) is 3.48. The molecule has 4 rings (SSSR count). The second-order valence-corrected chi connectivity index (χ2v) is 12.8. The number of ether oxygens (including phenoxy) is 1. The quantitative estimate of drug-likeness (QED) is 0.232. The van der Waals surface area contributed by atoms with Crippen LogP contribution in [0.4, 0.5) is 0 Å². The highest BCUT2D eigenvalue weighted by Gasteiger charge is 2.78. The van der Waals surface area contributed by atoms with Crippen molar-refractivity contribution in [1.29, 1.82) is 0 Å². The van der Waals surface area contributed by atoms with Gasteiger partial charge in [-0.05, 0) is 51.5 Å². The fraction of sp³-hybridized carbons (Fsp3) is 0.567. The fourth-order valence-corrected chi connectivity index (χ4v) is 8.91. The van der Waals surface area contributed by atoms with Crippen LogP contribution in [-0.4, -0.2) is 74.0 Å². The number of hydrogen-bond donors (Lipinski definition) is 1. The van der Waals surface area contributed by atoms with E-state index in [0.29, 0.717) is 26.1 Å². The fourth-order valence-electron chi connectivity index (χ4n) is 6.58. The number of thioether (sulfide) groups is 1. The first-order valence-electron chi connectivity index (χ1n) is 13.6. The summed E-state index contributed by atoms with van der Waals surface area (Å²) in [6.07, 6.45) is 7.41. The Balaban J connectivity index is 1.66. The van der Waals surface area contributed by atoms with Gasteiger partial charge in [-0.15, -0.1) is 24.9 Å². The van der Waals surface area contributed by atoms with Crippen LogP contribution < -0.4 is 0 Å². The van der Waals surface area contributed by atoms with Gasteiger partial charge < -0.3 is 19.6 Å². The van der Waals surface area contributed by atoms with Crippen molar-refractivity contribution in [2.75, 3.05) is 19.8 Å². The standard InChI is InChI=1S/C30H40N2O5S/c1-5-7-8-12-18-37-28(36)24-23-26(34)32(21(3)20-33)25(30(23)16-15-29(24,4)38-30)27(35)31(17-6-2)19-22-13-10-9-11-14-22/h5-6,9-11,13-14,21,23-25,33H,1-2,7-8,12,15-20H2,3-4H3/t21-,23+,24-,25?,29+,30?/m1/s1. The summed E-state index contributed by atoms with van der Waals surface area (Å²) in [6.45, 7) is 12.1. The number of aliphatic hydroxyl groups is 1. The van der Waals surface area contributed by atoms with E-state index in [1.807, 2.05) is 43.3 Å². The SMILES string of the molecule is C=CCCCCOC(=O)[C@H]1[C@H]2C(=O)N([C@H](C)CO)C(C(=O)N(CC=C)Cc3ccccc3)C23CC[C@]1(C)S3. The van der Waals surface area contributed by atoms with E-state index in [1.54, 1.807) is 34.6 Å². The first-order chi connectivity index (χ1) is 18.2. The molecule has 8 heteroatoms. The number of fused-ring (bicyclic) bond motifs is 1. The van der Waals surface area contributed by atoms with Gasteiger partial charge in [0.1, 0.15) is 6.04 Å². The Morgan fingerprint density at radius 3 is 2.63 bits per heavy atom. The Morgan fingerprint density at radius 1 is 1.24 bits per heavy atom. The molecule has 0 radical (unpaired) electrons. The molecule has 7 nitrogen and oxygen atoms in total. The Labute approximate surface area is 230 Å². The molecule has 3 aliphatic rings. The topological polar surface area (TPSA) is 87.1 Å². The Bertz CT molecular complexity index is 1060. The van der Waals surface area contributed by atoms with Gasteiger partial charge >= 0.3 is 5.97 Å². The van der Waals surface area contributed by atoms with Gasteiger partial charge in [-0.25, -0.2) is 0 Å². The molecule has 38 heavy (non-hydrogen) atoms. The molecule has 206 valence electrons. The number of carbonyl (C=O) groups is 3. The lowest BCUT2D eigenvalue weighted by atomic mass is 9.66. The summed E-state index contributed by atoms with van der Waals surface area (Å²) >= 11 is 1.62. The highest BCUT2D eigenvalue weighted by Crippen LogP contribution is 2.71. The molecule has 1 aromatic rings. The number of nitrogens with zero attached hydrogens (tertiary/aromatic N) is 2. The number of unbranched alkanes of at least 4 members (excludes halogenated alkanes) is 2. The average molecular weight is 541 g/mol. The van der Waals surface area contributed by atoms with E-state index in [-0.39, 0.29) is 24.4 Å². The van der Waals surface area contributed by atoms with Gasteiger partial charge in [-0.3, -0.25) is 14.4 Å². The summed E-state index contributed by atoms with van der Waals surface area (Å²) in [5.74, 6) is -2.03. The first-order valence-corrected chi connectivity index (χ1v) is 14.4. The molecular formula is C30H40N2O5S. The summed E-state index contributed by atoms with van der Waals surface area (Å²) in [5, 5.41) is 10.1. The molecule has 3 heterocycles. The van der Waals surface area contributed by atoms with Crippen molar-refractivity contribution in [3.05, 3.63) is 61.2 Å². The number of benzene rings is 1. The number of amides is 2. The summed E-state index contributed by atoms with van der Waals surface area (Å²) in [5.41, 5.74) is 0.982. The van der Waals surface area contributed by atoms with Crippen molar-refractivity contribution < 1.29 is 24.2 Å². The molecule has 0 aromatic heterocycles. The van der Waals surface area contributed by atoms with E-state index in [2.05, 4.69) is 13.2 Å². The minimum absolute atomic E-state index is 0.167. The Kier molecular flexibility index (Phi) is 8.72. The minimum Gasteiger partial charge on any atom is -0.465 e. The van der Waals surface area contributed by atoms with E-state index >= 15 is 0 Å². The maximum absolute atomic E-state index is 14.4. The van der Waals surface area contributed by atoms with Crippen LogP contribution in [0.25, 0.3) is 0 Å². The summed E-state index contributed by atoms with van der Waals surface area (Å²) < 4.78 is 4.49. The van der Waals surface area contributed by atoms with E-state index in [9.17, 15) is 19.5 Å². The lowest BCUT2D eigenvalue weighted by Crippen LogP contribution is -2.56. The molecule has 0 aliphatic carbocycles. The number of rotatable bonds is 13. The van der Waals surface area contributed by atoms with E-state index < -0.39 is 33.4 Å². The van der Waals surface area contributed by atoms with Crippen molar-refractivity contribution in [3.63, 3.8) is 0 Å². The number of aliphatic hydroxyl groups excluding tert-OH is 1. The third-order valence-corrected chi connectivity index (χ3v) is 10.4. The molecule has 1 spiro atoms. The number of esters is 1. The molecule has 2 amide bonds. The van der Waals surface area contributed by atoms with Gasteiger partial charge in [0.25, 0.3) is 0 Å². The van der Waals surface area contributed by atoms with Gasteiger partial charge in [-0.1, -0.05) is 42.5 Å².